The largest absolute Gasteiger partial charge is 0.443 e. The Bertz CT molecular complexity index is 1800. The maximum absolute atomic E-state index is 13.8. The molecular weight excluding hydrogens is 652 g/mol. The lowest BCUT2D eigenvalue weighted by atomic mass is 10.1. The van der Waals surface area contributed by atoms with Gasteiger partial charge in [-0.05, 0) is 58.4 Å². The lowest BCUT2D eigenvalue weighted by Crippen LogP contribution is -2.57. The highest BCUT2D eigenvalue weighted by molar-refractivity contribution is 7.90. The maximum atomic E-state index is 13.8. The fourth-order valence-electron chi connectivity index (χ4n) is 5.21. The number of aromatic amines is 1. The molecule has 2 amide bonds. The van der Waals surface area contributed by atoms with Gasteiger partial charge in [0.05, 0.1) is 11.4 Å². The molecular formula is C27H35ClN6O7S3. The molecule has 44 heavy (non-hydrogen) atoms. The van der Waals surface area contributed by atoms with Crippen LogP contribution in [0.15, 0.2) is 29.3 Å². The summed E-state index contributed by atoms with van der Waals surface area (Å²) in [5, 5.41) is 4.66. The van der Waals surface area contributed by atoms with Crippen LogP contribution in [0.5, 0.6) is 0 Å². The highest BCUT2D eigenvalue weighted by atomic mass is 35.5. The molecule has 4 heterocycles. The number of hydrogen-bond acceptors (Lipinski definition) is 10. The zero-order valence-electron chi connectivity index (χ0n) is 24.7. The number of carbonyl (C=O) groups is 2. The fraction of sp³-hybridized carbons (Fsp3) is 0.519. The number of thiazole rings is 1. The number of nitrogens with zero attached hydrogens (tertiary/aromatic N) is 3. The van der Waals surface area contributed by atoms with Gasteiger partial charge in [-0.2, -0.15) is 4.31 Å². The molecule has 0 radical (unpaired) electrons. The lowest BCUT2D eigenvalue weighted by molar-refractivity contribution is 0.0547. The monoisotopic (exact) mass is 686 g/mol. The molecule has 1 fully saturated rings. The molecule has 2 aliphatic rings. The highest BCUT2D eigenvalue weighted by Crippen LogP contribution is 2.29. The van der Waals surface area contributed by atoms with Crippen LogP contribution >= 0.6 is 22.9 Å². The minimum absolute atomic E-state index is 0.00666. The number of piperazine rings is 1. The average Bonchev–Trinajstić information content (AvgIpc) is 3.54. The van der Waals surface area contributed by atoms with E-state index in [9.17, 15) is 26.4 Å². The predicted octanol–water partition coefficient (Wildman–Crippen LogP) is 3.07. The van der Waals surface area contributed by atoms with Crippen LogP contribution in [0.1, 0.15) is 54.5 Å². The van der Waals surface area contributed by atoms with Crippen LogP contribution in [0.3, 0.4) is 0 Å². The van der Waals surface area contributed by atoms with Crippen molar-refractivity contribution in [3.05, 3.63) is 44.9 Å². The van der Waals surface area contributed by atoms with Crippen molar-refractivity contribution in [3.8, 4) is 0 Å². The first-order chi connectivity index (χ1) is 20.5. The molecule has 3 N–H and O–H groups in total. The van der Waals surface area contributed by atoms with E-state index in [0.717, 1.165) is 10.6 Å². The molecule has 0 bridgehead atoms. The van der Waals surface area contributed by atoms with Gasteiger partial charge in [0.2, 0.25) is 10.0 Å². The van der Waals surface area contributed by atoms with Gasteiger partial charge in [0.1, 0.15) is 10.6 Å². The molecule has 0 saturated carbocycles. The molecule has 0 aliphatic carbocycles. The van der Waals surface area contributed by atoms with Gasteiger partial charge in [0, 0.05) is 65.5 Å². The Morgan fingerprint density at radius 3 is 2.66 bits per heavy atom. The molecule has 240 valence electrons. The number of hydrogen-bond donors (Lipinski definition) is 3. The van der Waals surface area contributed by atoms with Crippen LogP contribution in [0, 0.1) is 0 Å². The average molecular weight is 687 g/mol. The van der Waals surface area contributed by atoms with E-state index in [4.69, 9.17) is 16.3 Å². The van der Waals surface area contributed by atoms with Crippen molar-refractivity contribution in [2.24, 2.45) is 0 Å². The number of benzene rings is 1. The Hall–Kier alpha value is -2.76. The second-order valence-corrected chi connectivity index (χ2v) is 17.2. The van der Waals surface area contributed by atoms with Crippen molar-refractivity contribution >= 4 is 65.9 Å². The number of rotatable bonds is 7. The van der Waals surface area contributed by atoms with Crippen molar-refractivity contribution in [2.75, 3.05) is 25.4 Å². The van der Waals surface area contributed by atoms with E-state index in [1.54, 1.807) is 39.0 Å². The van der Waals surface area contributed by atoms with Crippen LogP contribution in [-0.4, -0.2) is 91.1 Å². The standard InChI is InChI=1S/C27H35ClN6O7S3/c1-16-11-21-22(14-29-16)42-24(31-21)25(35)34-9-8-33(44(39,40)23-13-17-12-18(28)5-6-20(17)30-23)15-19(34)7-10-43(37,38)32-26(36)41-27(2,3)4/h5-6,12-13,16,19,29-30H,7-11,14-15H2,1-4H3,(H,32,36). The Labute approximate surface area is 265 Å². The zero-order chi connectivity index (χ0) is 32.0. The first-order valence-corrected chi connectivity index (χ1v) is 18.3. The lowest BCUT2D eigenvalue weighted by Gasteiger charge is -2.40. The molecule has 2 unspecified atom stereocenters. The van der Waals surface area contributed by atoms with Crippen molar-refractivity contribution < 1.29 is 31.2 Å². The van der Waals surface area contributed by atoms with Crippen LogP contribution in [0.2, 0.25) is 5.02 Å². The first-order valence-electron chi connectivity index (χ1n) is 14.1. The quantitative estimate of drug-likeness (QED) is 0.338. The van der Waals surface area contributed by atoms with E-state index in [0.29, 0.717) is 28.9 Å². The van der Waals surface area contributed by atoms with Crippen molar-refractivity contribution in [1.82, 2.24) is 29.2 Å². The van der Waals surface area contributed by atoms with Gasteiger partial charge >= 0.3 is 6.09 Å². The van der Waals surface area contributed by atoms with E-state index in [-0.39, 0.29) is 42.1 Å². The molecule has 13 nitrogen and oxygen atoms in total. The third kappa shape index (κ3) is 7.37. The second-order valence-electron chi connectivity index (χ2n) is 12.0. The van der Waals surface area contributed by atoms with Crippen molar-refractivity contribution in [3.63, 3.8) is 0 Å². The zero-order valence-corrected chi connectivity index (χ0v) is 27.9. The van der Waals surface area contributed by atoms with Crippen molar-refractivity contribution in [1.29, 1.82) is 0 Å². The second kappa shape index (κ2) is 12.2. The summed E-state index contributed by atoms with van der Waals surface area (Å²) in [6.07, 6.45) is -0.575. The smallest absolute Gasteiger partial charge is 0.421 e. The minimum atomic E-state index is -4.17. The number of ether oxygens (including phenoxy) is 1. The van der Waals surface area contributed by atoms with Crippen LogP contribution in [0.25, 0.3) is 10.9 Å². The number of amides is 2. The predicted molar refractivity (Wildman–Crippen MR) is 167 cm³/mol. The third-order valence-electron chi connectivity index (χ3n) is 7.31. The van der Waals surface area contributed by atoms with Gasteiger partial charge in [0.25, 0.3) is 15.9 Å². The van der Waals surface area contributed by atoms with Crippen LogP contribution in [-0.2, 0) is 37.7 Å². The van der Waals surface area contributed by atoms with E-state index in [1.165, 1.54) is 26.6 Å². The topological polar surface area (TPSA) is 171 Å². The summed E-state index contributed by atoms with van der Waals surface area (Å²) in [6.45, 7) is 7.31. The summed E-state index contributed by atoms with van der Waals surface area (Å²) in [6, 6.07) is 5.88. The molecule has 2 aromatic heterocycles. The van der Waals surface area contributed by atoms with Gasteiger partial charge in [-0.1, -0.05) is 11.6 Å². The Balaban J connectivity index is 1.39. The van der Waals surface area contributed by atoms with E-state index in [2.05, 4.69) is 15.3 Å². The third-order valence-corrected chi connectivity index (χ3v) is 11.7. The Kier molecular flexibility index (Phi) is 9.05. The number of fused-ring (bicyclic) bond motifs is 2. The molecule has 1 saturated heterocycles. The SMILES string of the molecule is CC1Cc2nc(C(=O)N3CCN(S(=O)(=O)c4cc5cc(Cl)ccc5[nH]4)CC3CCS(=O)(=O)NC(=O)OC(C)(C)C)sc2CN1. The first kappa shape index (κ1) is 32.6. The van der Waals surface area contributed by atoms with Crippen LogP contribution in [0.4, 0.5) is 4.79 Å². The number of halogens is 1. The van der Waals surface area contributed by atoms with E-state index in [1.807, 2.05) is 11.6 Å². The molecule has 2 aliphatic heterocycles. The van der Waals surface area contributed by atoms with Crippen molar-refractivity contribution in [2.45, 2.75) is 69.8 Å². The van der Waals surface area contributed by atoms with Gasteiger partial charge in [-0.3, -0.25) is 4.79 Å². The van der Waals surface area contributed by atoms with Crippen LogP contribution < -0.4 is 10.0 Å². The fourth-order valence-corrected chi connectivity index (χ4v) is 8.85. The summed E-state index contributed by atoms with van der Waals surface area (Å²) in [5.41, 5.74) is 0.537. The minimum Gasteiger partial charge on any atom is -0.443 e. The highest BCUT2D eigenvalue weighted by Gasteiger charge is 2.39. The number of sulfonamides is 2. The van der Waals surface area contributed by atoms with Gasteiger partial charge < -0.3 is 19.9 Å². The number of nitrogens with one attached hydrogen (secondary N) is 3. The molecule has 1 aromatic carbocycles. The summed E-state index contributed by atoms with van der Waals surface area (Å²) in [5.74, 6) is -0.938. The molecule has 3 aromatic rings. The normalized spacial score (nSPS) is 20.0. The van der Waals surface area contributed by atoms with Gasteiger partial charge in [0.15, 0.2) is 5.01 Å². The number of carbonyl (C=O) groups excluding carboxylic acids is 2. The summed E-state index contributed by atoms with van der Waals surface area (Å²) < 4.78 is 61.3. The molecule has 2 atom stereocenters. The Morgan fingerprint density at radius 1 is 1.18 bits per heavy atom. The number of aromatic nitrogens is 2. The summed E-state index contributed by atoms with van der Waals surface area (Å²) in [4.78, 5) is 35.9. The molecule has 0 spiro atoms. The van der Waals surface area contributed by atoms with Gasteiger partial charge in [-0.15, -0.1) is 11.3 Å². The summed E-state index contributed by atoms with van der Waals surface area (Å²) in [7, 11) is -8.22. The number of H-pyrrole nitrogens is 1. The molecule has 5 rings (SSSR count). The van der Waals surface area contributed by atoms with E-state index < -0.39 is 49.4 Å². The summed E-state index contributed by atoms with van der Waals surface area (Å²) >= 11 is 7.36. The molecule has 17 heteroatoms. The van der Waals surface area contributed by atoms with Gasteiger partial charge in [-0.25, -0.2) is 31.3 Å². The Morgan fingerprint density at radius 2 is 1.93 bits per heavy atom. The van der Waals surface area contributed by atoms with E-state index >= 15 is 0 Å². The maximum Gasteiger partial charge on any atom is 0.421 e.